The Balaban J connectivity index is 4.74. The van der Waals surface area contributed by atoms with Gasteiger partial charge in [0.15, 0.2) is 0 Å². The van der Waals surface area contributed by atoms with E-state index in [-0.39, 0.29) is 5.91 Å². The zero-order valence-electron chi connectivity index (χ0n) is 14.3. The molecule has 0 radical (unpaired) electrons. The summed E-state index contributed by atoms with van der Waals surface area (Å²) < 4.78 is 0. The first-order chi connectivity index (χ1) is 9.42. The van der Waals surface area contributed by atoms with Gasteiger partial charge in [0.05, 0.1) is 5.41 Å². The lowest BCUT2D eigenvalue weighted by Crippen LogP contribution is -2.50. The zero-order valence-corrected chi connectivity index (χ0v) is 14.3. The highest BCUT2D eigenvalue weighted by Gasteiger charge is 2.34. The molecule has 0 saturated carbocycles. The smallest absolute Gasteiger partial charge is 0.227 e. The molecule has 0 aromatic heterocycles. The van der Waals surface area contributed by atoms with Crippen LogP contribution in [0.4, 0.5) is 0 Å². The second kappa shape index (κ2) is 9.35. The number of carbonyl (C=O) groups is 1. The van der Waals surface area contributed by atoms with E-state index in [1.54, 1.807) is 0 Å². The Labute approximate surface area is 125 Å². The highest BCUT2D eigenvalue weighted by molar-refractivity contribution is 5.82. The number of nitrogens with two attached hydrogens (primary N) is 1. The number of amides is 1. The molecule has 0 rings (SSSR count). The molecule has 0 aliphatic carbocycles. The van der Waals surface area contributed by atoms with Gasteiger partial charge in [0.25, 0.3) is 0 Å². The Bertz CT molecular complexity index is 263. The highest BCUT2D eigenvalue weighted by Crippen LogP contribution is 2.25. The number of hydrogen-bond acceptors (Lipinski definition) is 3. The first-order valence-electron chi connectivity index (χ1n) is 8.07. The molecule has 0 fully saturated rings. The van der Waals surface area contributed by atoms with E-state index in [0.29, 0.717) is 25.0 Å². The molecule has 4 nitrogen and oxygen atoms in total. The number of carbonyl (C=O) groups excluding carboxylic acids is 1. The molecule has 0 aromatic rings. The number of rotatable bonds is 10. The van der Waals surface area contributed by atoms with Crippen LogP contribution < -0.4 is 11.1 Å². The van der Waals surface area contributed by atoms with Crippen LogP contribution in [-0.4, -0.2) is 44.0 Å². The molecule has 0 aliphatic rings. The van der Waals surface area contributed by atoms with E-state index < -0.39 is 5.41 Å². The summed E-state index contributed by atoms with van der Waals surface area (Å²) in [5.74, 6) is 0.726. The fraction of sp³-hybridized carbons (Fsp3) is 0.938. The quantitative estimate of drug-likeness (QED) is 0.647. The van der Waals surface area contributed by atoms with Crippen molar-refractivity contribution in [1.29, 1.82) is 0 Å². The van der Waals surface area contributed by atoms with E-state index in [1.165, 1.54) is 0 Å². The van der Waals surface area contributed by atoms with E-state index >= 15 is 0 Å². The number of nitrogens with one attached hydrogen (secondary N) is 1. The Morgan fingerprint density at radius 2 is 1.65 bits per heavy atom. The van der Waals surface area contributed by atoms with Crippen LogP contribution in [-0.2, 0) is 4.79 Å². The van der Waals surface area contributed by atoms with Gasteiger partial charge in [-0.25, -0.2) is 0 Å². The average molecular weight is 285 g/mol. The monoisotopic (exact) mass is 285 g/mol. The molecule has 20 heavy (non-hydrogen) atoms. The lowest BCUT2D eigenvalue weighted by atomic mass is 9.81. The standard InChI is InChI=1S/C16H35N3O/c1-7-13(8-2)14(19(5)6)11-18-15(20)16(9-3,10-4)12-17/h13-14H,7-12,17H2,1-6H3,(H,18,20). The molecule has 1 unspecified atom stereocenters. The van der Waals surface area contributed by atoms with Gasteiger partial charge < -0.3 is 16.0 Å². The molecule has 0 spiro atoms. The van der Waals surface area contributed by atoms with Crippen molar-refractivity contribution in [3.63, 3.8) is 0 Å². The molecule has 0 aromatic carbocycles. The van der Waals surface area contributed by atoms with E-state index in [1.807, 2.05) is 13.8 Å². The molecule has 0 aliphatic heterocycles. The minimum atomic E-state index is -0.398. The second-order valence-electron chi connectivity index (χ2n) is 6.01. The summed E-state index contributed by atoms with van der Waals surface area (Å²) in [6, 6.07) is 0.387. The third-order valence-electron chi connectivity index (χ3n) is 4.95. The average Bonchev–Trinajstić information content (AvgIpc) is 2.45. The minimum Gasteiger partial charge on any atom is -0.354 e. The van der Waals surface area contributed by atoms with Gasteiger partial charge in [0.1, 0.15) is 0 Å². The summed E-state index contributed by atoms with van der Waals surface area (Å²) in [4.78, 5) is 14.7. The van der Waals surface area contributed by atoms with Crippen LogP contribution in [0.15, 0.2) is 0 Å². The molecular weight excluding hydrogens is 250 g/mol. The van der Waals surface area contributed by atoms with Crippen molar-refractivity contribution in [2.24, 2.45) is 17.1 Å². The summed E-state index contributed by atoms with van der Waals surface area (Å²) in [6.45, 7) is 9.65. The molecule has 4 heteroatoms. The van der Waals surface area contributed by atoms with Crippen molar-refractivity contribution in [3.05, 3.63) is 0 Å². The SMILES string of the molecule is CCC(CC)C(CNC(=O)C(CC)(CC)CN)N(C)C. The lowest BCUT2D eigenvalue weighted by Gasteiger charge is -2.34. The van der Waals surface area contributed by atoms with Gasteiger partial charge in [0, 0.05) is 19.1 Å². The normalized spacial score (nSPS) is 13.8. The van der Waals surface area contributed by atoms with Crippen molar-refractivity contribution < 1.29 is 4.79 Å². The van der Waals surface area contributed by atoms with Gasteiger partial charge in [-0.1, -0.05) is 40.5 Å². The number of hydrogen-bond donors (Lipinski definition) is 2. The molecule has 120 valence electrons. The zero-order chi connectivity index (χ0) is 15.8. The van der Waals surface area contributed by atoms with Gasteiger partial charge in [0.2, 0.25) is 5.91 Å². The van der Waals surface area contributed by atoms with Crippen LogP contribution in [0.25, 0.3) is 0 Å². The van der Waals surface area contributed by atoms with Gasteiger partial charge in [-0.2, -0.15) is 0 Å². The summed E-state index contributed by atoms with van der Waals surface area (Å²) >= 11 is 0. The molecule has 0 heterocycles. The van der Waals surface area contributed by atoms with Crippen LogP contribution in [0.1, 0.15) is 53.4 Å². The molecule has 1 atom stereocenters. The Morgan fingerprint density at radius 3 is 1.95 bits per heavy atom. The molecule has 1 amide bonds. The highest BCUT2D eigenvalue weighted by atomic mass is 16.2. The minimum absolute atomic E-state index is 0.114. The van der Waals surface area contributed by atoms with Crippen LogP contribution in [0.5, 0.6) is 0 Å². The van der Waals surface area contributed by atoms with Gasteiger partial charge in [-0.3, -0.25) is 4.79 Å². The van der Waals surface area contributed by atoms with Gasteiger partial charge >= 0.3 is 0 Å². The first kappa shape index (κ1) is 19.4. The third-order valence-corrected chi connectivity index (χ3v) is 4.95. The predicted octanol–water partition coefficient (Wildman–Crippen LogP) is 2.23. The largest absolute Gasteiger partial charge is 0.354 e. The van der Waals surface area contributed by atoms with Crippen molar-refractivity contribution in [2.75, 3.05) is 27.2 Å². The summed E-state index contributed by atoms with van der Waals surface area (Å²) in [6.07, 6.45) is 3.87. The van der Waals surface area contributed by atoms with E-state index in [2.05, 4.69) is 38.2 Å². The van der Waals surface area contributed by atoms with Crippen LogP contribution in [0.3, 0.4) is 0 Å². The van der Waals surface area contributed by atoms with Crippen LogP contribution >= 0.6 is 0 Å². The van der Waals surface area contributed by atoms with Gasteiger partial charge in [-0.05, 0) is 32.9 Å². The number of likely N-dealkylation sites (N-methyl/N-ethyl adjacent to an activating group) is 1. The fourth-order valence-electron chi connectivity index (χ4n) is 2.94. The summed E-state index contributed by atoms with van der Waals surface area (Å²) in [7, 11) is 4.18. The van der Waals surface area contributed by atoms with Crippen molar-refractivity contribution in [2.45, 2.75) is 59.4 Å². The molecule has 0 saturated heterocycles. The molecule has 0 bridgehead atoms. The van der Waals surface area contributed by atoms with Crippen LogP contribution in [0.2, 0.25) is 0 Å². The number of nitrogens with zero attached hydrogens (tertiary/aromatic N) is 1. The Morgan fingerprint density at radius 1 is 1.15 bits per heavy atom. The topological polar surface area (TPSA) is 58.4 Å². The van der Waals surface area contributed by atoms with E-state index in [4.69, 9.17) is 5.73 Å². The van der Waals surface area contributed by atoms with Gasteiger partial charge in [-0.15, -0.1) is 0 Å². The van der Waals surface area contributed by atoms with Crippen molar-refractivity contribution in [1.82, 2.24) is 10.2 Å². The van der Waals surface area contributed by atoms with E-state index in [9.17, 15) is 4.79 Å². The molecule has 3 N–H and O–H groups in total. The fourth-order valence-corrected chi connectivity index (χ4v) is 2.94. The maximum atomic E-state index is 12.5. The second-order valence-corrected chi connectivity index (χ2v) is 6.01. The third kappa shape index (κ3) is 4.74. The maximum absolute atomic E-state index is 12.5. The summed E-state index contributed by atoms with van der Waals surface area (Å²) in [5, 5.41) is 3.15. The maximum Gasteiger partial charge on any atom is 0.227 e. The molecular formula is C16H35N3O. The van der Waals surface area contributed by atoms with Crippen LogP contribution in [0, 0.1) is 11.3 Å². The Hall–Kier alpha value is -0.610. The summed E-state index contributed by atoms with van der Waals surface area (Å²) in [5.41, 5.74) is 5.44. The van der Waals surface area contributed by atoms with Crippen molar-refractivity contribution >= 4 is 5.91 Å². The Kier molecular flexibility index (Phi) is 9.06. The van der Waals surface area contributed by atoms with Crippen molar-refractivity contribution in [3.8, 4) is 0 Å². The predicted molar refractivity (Wildman–Crippen MR) is 86.6 cm³/mol. The lowest BCUT2D eigenvalue weighted by molar-refractivity contribution is -0.131. The van der Waals surface area contributed by atoms with E-state index in [0.717, 1.165) is 25.7 Å². The first-order valence-corrected chi connectivity index (χ1v) is 8.07.